The number of hydrogen-bond donors (Lipinski definition) is 1. The fourth-order valence-corrected chi connectivity index (χ4v) is 2.39. The highest BCUT2D eigenvalue weighted by molar-refractivity contribution is 5.94. The van der Waals surface area contributed by atoms with Crippen LogP contribution in [0.2, 0.25) is 0 Å². The molecule has 8 heteroatoms. The van der Waals surface area contributed by atoms with Gasteiger partial charge in [-0.3, -0.25) is 14.5 Å². The highest BCUT2D eigenvalue weighted by Crippen LogP contribution is 2.20. The van der Waals surface area contributed by atoms with Crippen LogP contribution in [0.15, 0.2) is 30.9 Å². The van der Waals surface area contributed by atoms with Crippen molar-refractivity contribution < 1.29 is 19.0 Å². The van der Waals surface area contributed by atoms with Crippen molar-refractivity contribution in [3.63, 3.8) is 0 Å². The van der Waals surface area contributed by atoms with Crippen molar-refractivity contribution in [1.82, 2.24) is 19.7 Å². The van der Waals surface area contributed by atoms with Crippen LogP contribution in [0.1, 0.15) is 10.4 Å². The zero-order chi connectivity index (χ0) is 15.7. The van der Waals surface area contributed by atoms with Gasteiger partial charge in [0.25, 0.3) is 5.91 Å². The van der Waals surface area contributed by atoms with Gasteiger partial charge in [0.05, 0.1) is 37.2 Å². The molecule has 3 heterocycles. The molecule has 116 valence electrons. The van der Waals surface area contributed by atoms with E-state index < -0.39 is 23.9 Å². The van der Waals surface area contributed by atoms with Crippen LogP contribution in [0.25, 0.3) is 0 Å². The van der Waals surface area contributed by atoms with E-state index in [4.69, 9.17) is 4.74 Å². The Balaban J connectivity index is 1.70. The summed E-state index contributed by atoms with van der Waals surface area (Å²) in [5.74, 6) is -0.661. The van der Waals surface area contributed by atoms with E-state index in [1.165, 1.54) is 23.4 Å². The van der Waals surface area contributed by atoms with Crippen LogP contribution in [-0.2, 0) is 7.05 Å². The first-order chi connectivity index (χ1) is 10.5. The Morgan fingerprint density at radius 3 is 2.95 bits per heavy atom. The Hall–Kier alpha value is -2.48. The van der Waals surface area contributed by atoms with Gasteiger partial charge in [-0.15, -0.1) is 0 Å². The summed E-state index contributed by atoms with van der Waals surface area (Å²) in [5, 5.41) is 14.0. The summed E-state index contributed by atoms with van der Waals surface area (Å²) >= 11 is 0. The lowest BCUT2D eigenvalue weighted by atomic mass is 10.2. The monoisotopic (exact) mass is 306 g/mol. The summed E-state index contributed by atoms with van der Waals surface area (Å²) in [4.78, 5) is 17.3. The van der Waals surface area contributed by atoms with Gasteiger partial charge in [-0.2, -0.15) is 5.10 Å². The molecule has 1 N–H and O–H groups in total. The Labute approximate surface area is 125 Å². The molecule has 0 bridgehead atoms. The molecule has 2 atom stereocenters. The second-order valence-corrected chi connectivity index (χ2v) is 5.14. The van der Waals surface area contributed by atoms with E-state index in [1.807, 2.05) is 0 Å². The van der Waals surface area contributed by atoms with Crippen molar-refractivity contribution in [3.8, 4) is 5.75 Å². The molecule has 1 aliphatic rings. The van der Waals surface area contributed by atoms with Gasteiger partial charge < -0.3 is 14.7 Å². The molecule has 0 saturated carbocycles. The molecule has 1 saturated heterocycles. The number of hydrogen-bond acceptors (Lipinski definition) is 5. The van der Waals surface area contributed by atoms with E-state index in [-0.39, 0.29) is 18.7 Å². The summed E-state index contributed by atoms with van der Waals surface area (Å²) in [6, 6.07) is 1.32. The molecule has 1 amide bonds. The molecule has 0 radical (unpaired) electrons. The smallest absolute Gasteiger partial charge is 0.257 e. The molecule has 7 nitrogen and oxygen atoms in total. The second-order valence-electron chi connectivity index (χ2n) is 5.14. The largest absolute Gasteiger partial charge is 0.482 e. The summed E-state index contributed by atoms with van der Waals surface area (Å²) < 4.78 is 20.8. The minimum Gasteiger partial charge on any atom is -0.482 e. The lowest BCUT2D eigenvalue weighted by Crippen LogP contribution is -2.31. The average Bonchev–Trinajstić information content (AvgIpc) is 3.06. The number of carbonyl (C=O) groups excluding carboxylic acids is 1. The molecule has 0 aliphatic carbocycles. The molecule has 2 aromatic rings. The highest BCUT2D eigenvalue weighted by atomic mass is 19.1. The highest BCUT2D eigenvalue weighted by Gasteiger charge is 2.36. The Morgan fingerprint density at radius 1 is 1.45 bits per heavy atom. The van der Waals surface area contributed by atoms with E-state index in [0.29, 0.717) is 5.75 Å². The lowest BCUT2D eigenvalue weighted by molar-refractivity contribution is 0.0728. The van der Waals surface area contributed by atoms with Crippen LogP contribution >= 0.6 is 0 Å². The third-order valence-corrected chi connectivity index (χ3v) is 3.50. The predicted molar refractivity (Wildman–Crippen MR) is 73.7 cm³/mol. The number of aromatic nitrogens is 3. The van der Waals surface area contributed by atoms with E-state index in [1.54, 1.807) is 17.9 Å². The summed E-state index contributed by atoms with van der Waals surface area (Å²) in [7, 11) is 1.75. The number of halogens is 1. The third kappa shape index (κ3) is 2.77. The number of aliphatic hydroxyl groups is 1. The molecule has 0 unspecified atom stereocenters. The molecular formula is C14H15FN4O3. The number of β-amino-alcohol motifs (C(OH)–C–C–N with tert-alkyl or cyclic N) is 1. The molecule has 1 aliphatic heterocycles. The van der Waals surface area contributed by atoms with Crippen molar-refractivity contribution >= 4 is 5.91 Å². The van der Waals surface area contributed by atoms with Gasteiger partial charge in [0, 0.05) is 13.2 Å². The SMILES string of the molecule is Cn1cc(O[C@@H]2CN(C(=O)c3ccncc3F)C[C@H]2O)cn1. The summed E-state index contributed by atoms with van der Waals surface area (Å²) in [6.07, 6.45) is 4.13. The number of rotatable bonds is 3. The number of aliphatic hydroxyl groups excluding tert-OH is 1. The van der Waals surface area contributed by atoms with Crippen molar-refractivity contribution in [3.05, 3.63) is 42.2 Å². The van der Waals surface area contributed by atoms with Crippen LogP contribution in [0.4, 0.5) is 4.39 Å². The molecular weight excluding hydrogens is 291 g/mol. The van der Waals surface area contributed by atoms with E-state index in [2.05, 4.69) is 10.1 Å². The zero-order valence-electron chi connectivity index (χ0n) is 11.9. The third-order valence-electron chi connectivity index (χ3n) is 3.50. The number of aryl methyl sites for hydroxylation is 1. The van der Waals surface area contributed by atoms with Crippen molar-refractivity contribution in [2.24, 2.45) is 7.05 Å². The minimum absolute atomic E-state index is 0.0655. The first-order valence-corrected chi connectivity index (χ1v) is 6.77. The van der Waals surface area contributed by atoms with E-state index >= 15 is 0 Å². The van der Waals surface area contributed by atoms with E-state index in [9.17, 15) is 14.3 Å². The van der Waals surface area contributed by atoms with Crippen molar-refractivity contribution in [1.29, 1.82) is 0 Å². The molecule has 1 fully saturated rings. The average molecular weight is 306 g/mol. The maximum atomic E-state index is 13.6. The Bertz CT molecular complexity index is 690. The van der Waals surface area contributed by atoms with Crippen LogP contribution in [-0.4, -0.2) is 56.0 Å². The summed E-state index contributed by atoms with van der Waals surface area (Å²) in [6.45, 7) is 0.266. The van der Waals surface area contributed by atoms with Gasteiger partial charge in [-0.1, -0.05) is 0 Å². The fraction of sp³-hybridized carbons (Fsp3) is 0.357. The lowest BCUT2D eigenvalue weighted by Gasteiger charge is -2.16. The molecule has 3 rings (SSSR count). The maximum Gasteiger partial charge on any atom is 0.257 e. The first kappa shape index (κ1) is 14.5. The maximum absolute atomic E-state index is 13.6. The number of nitrogens with zero attached hydrogens (tertiary/aromatic N) is 4. The molecule has 2 aromatic heterocycles. The minimum atomic E-state index is -0.839. The second kappa shape index (κ2) is 5.72. The quantitative estimate of drug-likeness (QED) is 0.877. The van der Waals surface area contributed by atoms with Crippen LogP contribution < -0.4 is 4.74 Å². The van der Waals surface area contributed by atoms with Gasteiger partial charge >= 0.3 is 0 Å². The first-order valence-electron chi connectivity index (χ1n) is 6.77. The molecule has 22 heavy (non-hydrogen) atoms. The Morgan fingerprint density at radius 2 is 2.27 bits per heavy atom. The topological polar surface area (TPSA) is 80.5 Å². The van der Waals surface area contributed by atoms with Crippen LogP contribution in [0, 0.1) is 5.82 Å². The number of carbonyl (C=O) groups is 1. The van der Waals surface area contributed by atoms with Crippen molar-refractivity contribution in [2.75, 3.05) is 13.1 Å². The molecule has 0 aromatic carbocycles. The summed E-state index contributed by atoms with van der Waals surface area (Å²) in [5.41, 5.74) is -0.0655. The Kier molecular flexibility index (Phi) is 3.76. The van der Waals surface area contributed by atoms with Crippen molar-refractivity contribution in [2.45, 2.75) is 12.2 Å². The number of amides is 1. The van der Waals surface area contributed by atoms with Gasteiger partial charge in [-0.25, -0.2) is 4.39 Å². The van der Waals surface area contributed by atoms with Gasteiger partial charge in [0.1, 0.15) is 12.2 Å². The van der Waals surface area contributed by atoms with E-state index in [0.717, 1.165) is 6.20 Å². The van der Waals surface area contributed by atoms with Crippen LogP contribution in [0.5, 0.6) is 5.75 Å². The van der Waals surface area contributed by atoms with Gasteiger partial charge in [-0.05, 0) is 6.07 Å². The number of pyridine rings is 1. The zero-order valence-corrected chi connectivity index (χ0v) is 11.9. The number of likely N-dealkylation sites (tertiary alicyclic amines) is 1. The normalized spacial score (nSPS) is 21.1. The standard InChI is InChI=1S/C14H15FN4O3/c1-18-6-9(4-17-18)22-13-8-19(7-12(13)20)14(21)10-2-3-16-5-11(10)15/h2-6,12-13,20H,7-8H2,1H3/t12-,13-/m1/s1. The van der Waals surface area contributed by atoms with Crippen LogP contribution in [0.3, 0.4) is 0 Å². The van der Waals surface area contributed by atoms with Gasteiger partial charge in [0.2, 0.25) is 0 Å². The molecule has 0 spiro atoms. The fourth-order valence-electron chi connectivity index (χ4n) is 2.39. The predicted octanol–water partition coefficient (Wildman–Crippen LogP) is 0.219. The van der Waals surface area contributed by atoms with Gasteiger partial charge in [0.15, 0.2) is 11.6 Å². The number of ether oxygens (including phenoxy) is 1.